The van der Waals surface area contributed by atoms with Crippen molar-refractivity contribution in [2.24, 2.45) is 0 Å². The summed E-state index contributed by atoms with van der Waals surface area (Å²) in [6.45, 7) is 0. The largest absolute Gasteiger partial charge is 0.248 e. The van der Waals surface area contributed by atoms with Gasteiger partial charge in [0.05, 0.1) is 11.2 Å². The molecule has 2 aromatic rings. The van der Waals surface area contributed by atoms with Crippen LogP contribution in [0.25, 0.3) is 17.0 Å². The Balaban J connectivity index is 2.34. The number of pyridine rings is 1. The lowest BCUT2D eigenvalue weighted by Gasteiger charge is -2.09. The summed E-state index contributed by atoms with van der Waals surface area (Å²) in [6.07, 6.45) is 7.48. The van der Waals surface area contributed by atoms with Gasteiger partial charge in [-0.05, 0) is 36.6 Å². The molecule has 1 heteroatoms. The average molecular weight is 180 g/mol. The van der Waals surface area contributed by atoms with E-state index in [-0.39, 0.29) is 0 Å². The third kappa shape index (κ3) is 1.13. The Bertz CT molecular complexity index is 512. The molecule has 1 aromatic carbocycles. The minimum atomic E-state index is 1.02. The number of benzene rings is 1. The van der Waals surface area contributed by atoms with Gasteiger partial charge in [0, 0.05) is 5.39 Å². The van der Waals surface area contributed by atoms with Crippen molar-refractivity contribution >= 4 is 17.0 Å². The van der Waals surface area contributed by atoms with E-state index in [1.54, 1.807) is 0 Å². The van der Waals surface area contributed by atoms with Crippen molar-refractivity contribution < 1.29 is 0 Å². The van der Waals surface area contributed by atoms with E-state index in [9.17, 15) is 0 Å². The standard InChI is InChI=1S/C13H10N/c1-3-7-12-10(5-1)9-11-6-2-4-8-13(11)14-12/h1,3-9H,2H2. The first-order chi connectivity index (χ1) is 6.93. The number of para-hydroxylation sites is 1. The summed E-state index contributed by atoms with van der Waals surface area (Å²) >= 11 is 0. The Kier molecular flexibility index (Phi) is 1.63. The smallest absolute Gasteiger partial charge is 0.0709 e. The first kappa shape index (κ1) is 7.74. The second-order valence-electron chi connectivity index (χ2n) is 3.50. The number of rotatable bonds is 0. The molecular weight excluding hydrogens is 170 g/mol. The van der Waals surface area contributed by atoms with Gasteiger partial charge in [-0.3, -0.25) is 0 Å². The fourth-order valence-corrected chi connectivity index (χ4v) is 1.82. The van der Waals surface area contributed by atoms with Gasteiger partial charge in [-0.1, -0.05) is 24.3 Å². The molecule has 0 unspecified atom stereocenters. The molecule has 1 aliphatic carbocycles. The van der Waals surface area contributed by atoms with E-state index in [1.807, 2.05) is 6.07 Å². The normalized spacial score (nSPS) is 14.3. The molecule has 0 amide bonds. The second kappa shape index (κ2) is 2.95. The van der Waals surface area contributed by atoms with Crippen molar-refractivity contribution in [3.05, 3.63) is 54.1 Å². The van der Waals surface area contributed by atoms with Crippen molar-refractivity contribution in [2.45, 2.75) is 6.42 Å². The Morgan fingerprint density at radius 2 is 2.07 bits per heavy atom. The van der Waals surface area contributed by atoms with Crippen LogP contribution in [-0.2, 0) is 0 Å². The fourth-order valence-electron chi connectivity index (χ4n) is 1.82. The molecule has 0 saturated heterocycles. The minimum absolute atomic E-state index is 1.02. The van der Waals surface area contributed by atoms with Crippen molar-refractivity contribution in [3.8, 4) is 0 Å². The predicted molar refractivity (Wildman–Crippen MR) is 58.8 cm³/mol. The third-order valence-corrected chi connectivity index (χ3v) is 2.53. The Morgan fingerprint density at radius 3 is 3.07 bits per heavy atom. The van der Waals surface area contributed by atoms with Gasteiger partial charge in [0.1, 0.15) is 0 Å². The molecule has 1 heterocycles. The van der Waals surface area contributed by atoms with Crippen LogP contribution in [0.2, 0.25) is 0 Å². The van der Waals surface area contributed by atoms with E-state index in [4.69, 9.17) is 0 Å². The van der Waals surface area contributed by atoms with Gasteiger partial charge in [0.15, 0.2) is 0 Å². The number of fused-ring (bicyclic) bond motifs is 2. The lowest BCUT2D eigenvalue weighted by molar-refractivity contribution is 1.18. The van der Waals surface area contributed by atoms with E-state index in [1.165, 1.54) is 10.9 Å². The van der Waals surface area contributed by atoms with Gasteiger partial charge in [0.2, 0.25) is 0 Å². The lowest BCUT2D eigenvalue weighted by atomic mass is 10.0. The first-order valence-electron chi connectivity index (χ1n) is 4.83. The molecule has 1 aromatic heterocycles. The molecule has 67 valence electrons. The summed E-state index contributed by atoms with van der Waals surface area (Å²) < 4.78 is 0. The molecule has 0 atom stereocenters. The maximum Gasteiger partial charge on any atom is 0.0709 e. The van der Waals surface area contributed by atoms with Gasteiger partial charge < -0.3 is 0 Å². The number of hydrogen-bond donors (Lipinski definition) is 0. The first-order valence-corrected chi connectivity index (χ1v) is 4.83. The van der Waals surface area contributed by atoms with Gasteiger partial charge in [-0.25, -0.2) is 4.98 Å². The Labute approximate surface area is 83.1 Å². The molecule has 0 saturated carbocycles. The summed E-state index contributed by atoms with van der Waals surface area (Å²) in [7, 11) is 0. The summed E-state index contributed by atoms with van der Waals surface area (Å²) in [5.41, 5.74) is 3.42. The van der Waals surface area contributed by atoms with Gasteiger partial charge in [-0.2, -0.15) is 0 Å². The summed E-state index contributed by atoms with van der Waals surface area (Å²) in [5.74, 6) is 0. The Hall–Kier alpha value is -1.63. The van der Waals surface area contributed by atoms with Crippen molar-refractivity contribution in [2.75, 3.05) is 0 Å². The predicted octanol–water partition coefficient (Wildman–Crippen LogP) is 3.20. The lowest BCUT2D eigenvalue weighted by Crippen LogP contribution is -1.95. The van der Waals surface area contributed by atoms with E-state index in [0.717, 1.165) is 17.6 Å². The molecule has 0 spiro atoms. The third-order valence-electron chi connectivity index (χ3n) is 2.53. The molecule has 1 aliphatic rings. The second-order valence-corrected chi connectivity index (χ2v) is 3.50. The molecule has 0 bridgehead atoms. The average Bonchev–Trinajstić information content (AvgIpc) is 2.26. The number of hydrogen-bond acceptors (Lipinski definition) is 1. The molecule has 0 aliphatic heterocycles. The van der Waals surface area contributed by atoms with Crippen molar-refractivity contribution in [3.63, 3.8) is 0 Å². The molecule has 3 rings (SSSR count). The fraction of sp³-hybridized carbons (Fsp3) is 0.0769. The van der Waals surface area contributed by atoms with Gasteiger partial charge in [-0.15, -0.1) is 0 Å². The minimum Gasteiger partial charge on any atom is -0.248 e. The van der Waals surface area contributed by atoms with Crippen LogP contribution in [0.15, 0.2) is 36.4 Å². The summed E-state index contributed by atoms with van der Waals surface area (Å²) in [5, 5.41) is 1.22. The molecule has 0 N–H and O–H groups in total. The van der Waals surface area contributed by atoms with Gasteiger partial charge in [0.25, 0.3) is 0 Å². The van der Waals surface area contributed by atoms with Crippen LogP contribution >= 0.6 is 0 Å². The number of aromatic nitrogens is 1. The maximum atomic E-state index is 4.60. The van der Waals surface area contributed by atoms with E-state index >= 15 is 0 Å². The van der Waals surface area contributed by atoms with Crippen LogP contribution in [0.4, 0.5) is 0 Å². The van der Waals surface area contributed by atoms with Crippen molar-refractivity contribution in [1.29, 1.82) is 0 Å². The highest BCUT2D eigenvalue weighted by molar-refractivity contribution is 5.81. The van der Waals surface area contributed by atoms with Crippen LogP contribution < -0.4 is 0 Å². The SMILES string of the molecule is [CH]1CC=Cc2nc3ccccc3cc21. The van der Waals surface area contributed by atoms with Gasteiger partial charge >= 0.3 is 0 Å². The zero-order valence-corrected chi connectivity index (χ0v) is 7.77. The zero-order valence-electron chi connectivity index (χ0n) is 7.77. The van der Waals surface area contributed by atoms with Crippen LogP contribution in [0, 0.1) is 6.42 Å². The van der Waals surface area contributed by atoms with Crippen LogP contribution in [0.1, 0.15) is 17.7 Å². The monoisotopic (exact) mass is 180 g/mol. The molecule has 14 heavy (non-hydrogen) atoms. The highest BCUT2D eigenvalue weighted by atomic mass is 14.7. The van der Waals surface area contributed by atoms with E-state index in [2.05, 4.69) is 47.8 Å². The number of nitrogens with zero attached hydrogens (tertiary/aromatic N) is 1. The molecule has 1 nitrogen and oxygen atoms in total. The van der Waals surface area contributed by atoms with Crippen LogP contribution in [0.5, 0.6) is 0 Å². The molecule has 0 fully saturated rings. The van der Waals surface area contributed by atoms with Crippen LogP contribution in [-0.4, -0.2) is 4.98 Å². The highest BCUT2D eigenvalue weighted by Gasteiger charge is 2.06. The van der Waals surface area contributed by atoms with E-state index < -0.39 is 0 Å². The summed E-state index contributed by atoms with van der Waals surface area (Å²) in [4.78, 5) is 4.60. The number of allylic oxidation sites excluding steroid dienone is 1. The molecule has 1 radical (unpaired) electrons. The van der Waals surface area contributed by atoms with Crippen molar-refractivity contribution in [1.82, 2.24) is 4.98 Å². The topological polar surface area (TPSA) is 12.9 Å². The zero-order chi connectivity index (χ0) is 9.38. The van der Waals surface area contributed by atoms with Crippen LogP contribution in [0.3, 0.4) is 0 Å². The quantitative estimate of drug-likeness (QED) is 0.606. The maximum absolute atomic E-state index is 4.60. The molecular formula is C13H10N. The van der Waals surface area contributed by atoms with E-state index in [0.29, 0.717) is 0 Å². The highest BCUT2D eigenvalue weighted by Crippen LogP contribution is 2.23. The summed E-state index contributed by atoms with van der Waals surface area (Å²) in [6, 6.07) is 10.4. The Morgan fingerprint density at radius 1 is 1.14 bits per heavy atom.